The number of nitrogens with two attached hydrogens (primary N) is 1. The van der Waals surface area contributed by atoms with Gasteiger partial charge < -0.3 is 25.8 Å². The number of primary amides is 1. The van der Waals surface area contributed by atoms with E-state index >= 15 is 0 Å². The first kappa shape index (κ1) is 19.1. The molecule has 1 amide bonds. The fourth-order valence-electron chi connectivity index (χ4n) is 4.84. The first-order valence-corrected chi connectivity index (χ1v) is 9.10. The quantitative estimate of drug-likeness (QED) is 0.404. The minimum atomic E-state index is -1.61. The summed E-state index contributed by atoms with van der Waals surface area (Å²) in [6.45, 7) is 1.53. The van der Waals surface area contributed by atoms with Crippen LogP contribution in [0.25, 0.3) is 0 Å². The highest BCUT2D eigenvalue weighted by Gasteiger charge is 2.58. The Labute approximate surface area is 164 Å². The molecule has 0 bridgehead atoms. The maximum Gasteiger partial charge on any atom is 0.343 e. The molecule has 2 aliphatic carbocycles. The number of ether oxygens (including phenoxy) is 1. The second-order valence-electron chi connectivity index (χ2n) is 7.83. The Morgan fingerprint density at radius 3 is 2.55 bits per heavy atom. The van der Waals surface area contributed by atoms with Crippen molar-refractivity contribution in [3.8, 4) is 5.75 Å². The number of aliphatic hydroxyl groups excluding tert-OH is 2. The lowest BCUT2D eigenvalue weighted by molar-refractivity contribution is -0.142. The normalized spacial score (nSPS) is 33.9. The molecule has 0 unspecified atom stereocenters. The molecule has 0 saturated heterocycles. The van der Waals surface area contributed by atoms with Gasteiger partial charge in [-0.1, -0.05) is 12.1 Å². The Morgan fingerprint density at radius 2 is 1.90 bits per heavy atom. The fraction of sp³-hybridized carbons (Fsp3) is 0.400. The van der Waals surface area contributed by atoms with Gasteiger partial charge in [-0.25, -0.2) is 4.79 Å². The van der Waals surface area contributed by atoms with E-state index < -0.39 is 58.7 Å². The van der Waals surface area contributed by atoms with Crippen LogP contribution >= 0.6 is 0 Å². The number of Topliss-reactive ketones (excluding diaryl/α,β-unsaturated/α-hetero) is 2. The zero-order chi connectivity index (χ0) is 21.2. The maximum atomic E-state index is 12.8. The van der Waals surface area contributed by atoms with E-state index in [0.29, 0.717) is 5.56 Å². The Kier molecular flexibility index (Phi) is 4.06. The summed E-state index contributed by atoms with van der Waals surface area (Å²) in [5, 5.41) is 31.4. The molecule has 9 heteroatoms. The van der Waals surface area contributed by atoms with Crippen LogP contribution in [-0.2, 0) is 24.7 Å². The van der Waals surface area contributed by atoms with Crippen LogP contribution in [0.1, 0.15) is 35.7 Å². The molecule has 1 aliphatic heterocycles. The molecule has 0 radical (unpaired) electrons. The van der Waals surface area contributed by atoms with Crippen molar-refractivity contribution in [3.63, 3.8) is 0 Å². The van der Waals surface area contributed by atoms with Crippen LogP contribution in [0, 0.1) is 17.8 Å². The van der Waals surface area contributed by atoms with E-state index in [1.807, 2.05) is 0 Å². The summed E-state index contributed by atoms with van der Waals surface area (Å²) in [6.07, 6.45) is -1.98. The second kappa shape index (κ2) is 6.15. The average molecular weight is 401 g/mol. The Balaban J connectivity index is 1.79. The van der Waals surface area contributed by atoms with E-state index in [-0.39, 0.29) is 29.7 Å². The number of phenolic OH excluding ortho intramolecular Hbond substituents is 1. The number of aromatic hydroxyl groups is 1. The first-order chi connectivity index (χ1) is 13.6. The minimum Gasteiger partial charge on any atom is -0.511 e. The summed E-state index contributed by atoms with van der Waals surface area (Å²) in [4.78, 5) is 49.0. The monoisotopic (exact) mass is 401 g/mol. The van der Waals surface area contributed by atoms with Crippen molar-refractivity contribution in [2.24, 2.45) is 23.5 Å². The largest absolute Gasteiger partial charge is 0.511 e. The van der Waals surface area contributed by atoms with Gasteiger partial charge in [-0.15, -0.1) is 0 Å². The van der Waals surface area contributed by atoms with Crippen molar-refractivity contribution < 1.29 is 39.2 Å². The van der Waals surface area contributed by atoms with E-state index in [0.717, 1.165) is 0 Å². The maximum absolute atomic E-state index is 12.8. The predicted octanol–water partition coefficient (Wildman–Crippen LogP) is 0.230. The van der Waals surface area contributed by atoms with Crippen molar-refractivity contribution in [2.75, 3.05) is 0 Å². The molecule has 5 atom stereocenters. The minimum absolute atomic E-state index is 0.0349. The number of carbonyl (C=O) groups is 4. The third kappa shape index (κ3) is 2.50. The van der Waals surface area contributed by atoms with E-state index in [4.69, 9.17) is 10.5 Å². The molecule has 152 valence electrons. The predicted molar refractivity (Wildman–Crippen MR) is 95.4 cm³/mol. The van der Waals surface area contributed by atoms with Crippen LogP contribution < -0.4 is 5.73 Å². The Hall–Kier alpha value is -3.20. The number of hydrogen-bond acceptors (Lipinski definition) is 8. The molecule has 3 aliphatic rings. The van der Waals surface area contributed by atoms with Gasteiger partial charge in [0.15, 0.2) is 17.5 Å². The molecule has 1 saturated carbocycles. The van der Waals surface area contributed by atoms with E-state index in [9.17, 15) is 34.5 Å². The second-order valence-corrected chi connectivity index (χ2v) is 7.83. The SMILES string of the molecule is C[C@]1([C@@H]2CC(=O)C3=C(O)[C@H](C(N)=O)C(=O)C[C@H]3[C@H]2O)OC(=O)c2c(O)cccc21. The molecule has 29 heavy (non-hydrogen) atoms. The van der Waals surface area contributed by atoms with Crippen LogP contribution in [0.5, 0.6) is 5.75 Å². The number of benzene rings is 1. The Morgan fingerprint density at radius 1 is 1.21 bits per heavy atom. The summed E-state index contributed by atoms with van der Waals surface area (Å²) >= 11 is 0. The summed E-state index contributed by atoms with van der Waals surface area (Å²) in [5.41, 5.74) is 3.86. The molecule has 1 heterocycles. The van der Waals surface area contributed by atoms with Crippen molar-refractivity contribution in [3.05, 3.63) is 40.7 Å². The van der Waals surface area contributed by atoms with Gasteiger partial charge in [-0.05, 0) is 13.0 Å². The van der Waals surface area contributed by atoms with E-state index in [1.165, 1.54) is 19.1 Å². The third-order valence-electron chi connectivity index (χ3n) is 6.27. The van der Waals surface area contributed by atoms with Crippen LogP contribution in [0.3, 0.4) is 0 Å². The number of phenols is 1. The number of aliphatic hydroxyl groups is 2. The number of rotatable bonds is 2. The topological polar surface area (TPSA) is 164 Å². The van der Waals surface area contributed by atoms with Gasteiger partial charge in [0, 0.05) is 35.8 Å². The molecule has 1 aromatic carbocycles. The highest BCUT2D eigenvalue weighted by atomic mass is 16.6. The summed E-state index contributed by atoms with van der Waals surface area (Å²) in [7, 11) is 0. The highest BCUT2D eigenvalue weighted by molar-refractivity contribution is 6.09. The zero-order valence-electron chi connectivity index (χ0n) is 15.4. The summed E-state index contributed by atoms with van der Waals surface area (Å²) < 4.78 is 5.50. The van der Waals surface area contributed by atoms with Gasteiger partial charge >= 0.3 is 5.97 Å². The van der Waals surface area contributed by atoms with Gasteiger partial charge in [0.1, 0.15) is 22.7 Å². The van der Waals surface area contributed by atoms with Crippen LogP contribution in [0.2, 0.25) is 0 Å². The van der Waals surface area contributed by atoms with Crippen LogP contribution in [0.4, 0.5) is 0 Å². The molecule has 4 rings (SSSR count). The van der Waals surface area contributed by atoms with Gasteiger partial charge in [-0.3, -0.25) is 14.4 Å². The fourth-order valence-corrected chi connectivity index (χ4v) is 4.84. The van der Waals surface area contributed by atoms with Gasteiger partial charge in [0.05, 0.1) is 6.10 Å². The molecule has 9 nitrogen and oxygen atoms in total. The van der Waals surface area contributed by atoms with Crippen LogP contribution in [-0.4, -0.2) is 44.9 Å². The smallest absolute Gasteiger partial charge is 0.343 e. The average Bonchev–Trinajstić information content (AvgIpc) is 2.90. The van der Waals surface area contributed by atoms with Crippen molar-refractivity contribution in [2.45, 2.75) is 31.5 Å². The van der Waals surface area contributed by atoms with Gasteiger partial charge in [0.2, 0.25) is 5.91 Å². The number of hydrogen-bond donors (Lipinski definition) is 4. The van der Waals surface area contributed by atoms with E-state index in [2.05, 4.69) is 0 Å². The molecule has 5 N–H and O–H groups in total. The number of carbonyl (C=O) groups excluding carboxylic acids is 4. The number of esters is 1. The molecule has 1 fully saturated rings. The van der Waals surface area contributed by atoms with Crippen molar-refractivity contribution >= 4 is 23.4 Å². The third-order valence-corrected chi connectivity index (χ3v) is 6.27. The van der Waals surface area contributed by atoms with Crippen molar-refractivity contribution in [1.29, 1.82) is 0 Å². The molecule has 0 aromatic heterocycles. The molecule has 0 spiro atoms. The highest BCUT2D eigenvalue weighted by Crippen LogP contribution is 2.52. The van der Waals surface area contributed by atoms with E-state index in [1.54, 1.807) is 6.07 Å². The lowest BCUT2D eigenvalue weighted by Gasteiger charge is -2.44. The zero-order valence-corrected chi connectivity index (χ0v) is 15.4. The van der Waals surface area contributed by atoms with Gasteiger partial charge in [0.25, 0.3) is 0 Å². The lowest BCUT2D eigenvalue weighted by atomic mass is 9.62. The number of ketones is 2. The van der Waals surface area contributed by atoms with Crippen LogP contribution in [0.15, 0.2) is 29.5 Å². The van der Waals surface area contributed by atoms with Crippen molar-refractivity contribution in [1.82, 2.24) is 0 Å². The van der Waals surface area contributed by atoms with Gasteiger partial charge in [-0.2, -0.15) is 0 Å². The number of cyclic esters (lactones) is 1. The molecular weight excluding hydrogens is 382 g/mol. The standard InChI is InChI=1S/C20H19NO8/c1-20(8-3-2-4-10(22)14(8)19(28)29-20)9-6-12(24)13-7(16(9)25)5-11(23)15(17(13)26)18(21)27/h2-4,7,9,15-16,22,25-26H,5-6H2,1H3,(H2,21,27)/t7-,9-,15-,16-,20+/m1/s1. The molecule has 1 aromatic rings. The lowest BCUT2D eigenvalue weighted by Crippen LogP contribution is -2.52. The number of amides is 1. The summed E-state index contributed by atoms with van der Waals surface area (Å²) in [6, 6.07) is 4.41. The first-order valence-electron chi connectivity index (χ1n) is 9.10. The summed E-state index contributed by atoms with van der Waals surface area (Å²) in [5.74, 6) is -7.68. The number of fused-ring (bicyclic) bond motifs is 2. The Bertz CT molecular complexity index is 1010. The molecular formula is C20H19NO8.